The van der Waals surface area contributed by atoms with Crippen LogP contribution in [0.3, 0.4) is 0 Å². The lowest BCUT2D eigenvalue weighted by molar-refractivity contribution is -0.133. The molecular formula is C11H22N2O. The summed E-state index contributed by atoms with van der Waals surface area (Å²) in [6.45, 7) is 12.0. The van der Waals surface area contributed by atoms with Gasteiger partial charge in [-0.25, -0.2) is 0 Å². The number of carbonyl (C=O) groups is 1. The quantitative estimate of drug-likeness (QED) is 0.731. The maximum absolute atomic E-state index is 12.0. The normalized spacial score (nSPS) is 20.1. The zero-order valence-corrected chi connectivity index (χ0v) is 9.76. The molecule has 1 aliphatic rings. The van der Waals surface area contributed by atoms with Gasteiger partial charge in [0.1, 0.15) is 0 Å². The topological polar surface area (TPSA) is 32.3 Å². The Morgan fingerprint density at radius 1 is 1.29 bits per heavy atom. The van der Waals surface area contributed by atoms with E-state index in [1.165, 1.54) is 0 Å². The third-order valence-corrected chi connectivity index (χ3v) is 3.03. The van der Waals surface area contributed by atoms with E-state index in [4.69, 9.17) is 0 Å². The molecule has 0 amide bonds. The molecule has 1 aliphatic heterocycles. The fourth-order valence-corrected chi connectivity index (χ4v) is 2.09. The largest absolute Gasteiger partial charge is 0.314 e. The molecule has 1 rings (SSSR count). The Balaban J connectivity index is 2.66. The molecule has 82 valence electrons. The highest BCUT2D eigenvalue weighted by molar-refractivity contribution is 5.89. The van der Waals surface area contributed by atoms with Gasteiger partial charge in [0.15, 0.2) is 5.78 Å². The molecule has 1 N–H and O–H groups in total. The van der Waals surface area contributed by atoms with Crippen LogP contribution in [0.15, 0.2) is 0 Å². The highest BCUT2D eigenvalue weighted by Gasteiger charge is 2.35. The maximum atomic E-state index is 12.0. The number of piperazine rings is 1. The van der Waals surface area contributed by atoms with Crippen LogP contribution in [0.4, 0.5) is 0 Å². The van der Waals surface area contributed by atoms with Crippen LogP contribution in [0, 0.1) is 5.92 Å². The monoisotopic (exact) mass is 198 g/mol. The Bertz CT molecular complexity index is 205. The van der Waals surface area contributed by atoms with Crippen LogP contribution in [0.5, 0.6) is 0 Å². The molecule has 3 nitrogen and oxygen atoms in total. The zero-order chi connectivity index (χ0) is 10.8. The molecule has 0 spiro atoms. The Morgan fingerprint density at radius 2 is 1.79 bits per heavy atom. The Labute approximate surface area is 86.9 Å². The lowest BCUT2D eigenvalue weighted by Gasteiger charge is -2.40. The van der Waals surface area contributed by atoms with Crippen LogP contribution in [-0.2, 0) is 4.79 Å². The van der Waals surface area contributed by atoms with E-state index in [0.29, 0.717) is 5.78 Å². The van der Waals surface area contributed by atoms with Gasteiger partial charge in [0.05, 0.1) is 5.54 Å². The number of ketones is 1. The number of hydrogen-bond donors (Lipinski definition) is 1. The fourth-order valence-electron chi connectivity index (χ4n) is 2.09. The van der Waals surface area contributed by atoms with Crippen molar-refractivity contribution in [2.45, 2.75) is 33.2 Å². The number of Topliss-reactive ketones (excluding diaryl/α,β-unsaturated/α-hetero) is 1. The van der Waals surface area contributed by atoms with Crippen molar-refractivity contribution in [2.75, 3.05) is 26.2 Å². The van der Waals surface area contributed by atoms with Crippen molar-refractivity contribution in [3.63, 3.8) is 0 Å². The number of nitrogens with one attached hydrogen (secondary N) is 1. The average Bonchev–Trinajstić information content (AvgIpc) is 2.18. The molecule has 3 heteroatoms. The first-order valence-corrected chi connectivity index (χ1v) is 5.46. The second-order valence-electron chi connectivity index (χ2n) is 4.82. The number of nitrogens with zero attached hydrogens (tertiary/aromatic N) is 1. The Kier molecular flexibility index (Phi) is 3.67. The molecule has 0 unspecified atom stereocenters. The van der Waals surface area contributed by atoms with E-state index in [9.17, 15) is 4.79 Å². The van der Waals surface area contributed by atoms with Gasteiger partial charge < -0.3 is 5.32 Å². The van der Waals surface area contributed by atoms with Crippen molar-refractivity contribution in [1.29, 1.82) is 0 Å². The van der Waals surface area contributed by atoms with E-state index in [-0.39, 0.29) is 11.5 Å². The van der Waals surface area contributed by atoms with Crippen LogP contribution in [0.2, 0.25) is 0 Å². The summed E-state index contributed by atoms with van der Waals surface area (Å²) in [6, 6.07) is 0. The number of carbonyl (C=O) groups excluding carboxylic acids is 1. The van der Waals surface area contributed by atoms with Gasteiger partial charge in [0.25, 0.3) is 0 Å². The summed E-state index contributed by atoms with van der Waals surface area (Å²) in [5, 5.41) is 3.30. The predicted molar refractivity (Wildman–Crippen MR) is 58.4 cm³/mol. The van der Waals surface area contributed by atoms with Crippen LogP contribution in [0.25, 0.3) is 0 Å². The van der Waals surface area contributed by atoms with E-state index >= 15 is 0 Å². The molecule has 0 radical (unpaired) electrons. The second-order valence-corrected chi connectivity index (χ2v) is 4.82. The Hall–Kier alpha value is -0.410. The van der Waals surface area contributed by atoms with Crippen molar-refractivity contribution in [3.05, 3.63) is 0 Å². The van der Waals surface area contributed by atoms with Gasteiger partial charge in [-0.3, -0.25) is 9.69 Å². The minimum Gasteiger partial charge on any atom is -0.314 e. The summed E-state index contributed by atoms with van der Waals surface area (Å²) in [6.07, 6.45) is 0. The Morgan fingerprint density at radius 3 is 2.21 bits per heavy atom. The van der Waals surface area contributed by atoms with Gasteiger partial charge in [0, 0.05) is 32.1 Å². The third kappa shape index (κ3) is 2.34. The molecule has 0 aromatic heterocycles. The molecule has 14 heavy (non-hydrogen) atoms. The van der Waals surface area contributed by atoms with E-state index in [1.807, 2.05) is 27.7 Å². The molecule has 0 saturated carbocycles. The van der Waals surface area contributed by atoms with E-state index in [2.05, 4.69) is 10.2 Å². The van der Waals surface area contributed by atoms with Crippen LogP contribution in [0.1, 0.15) is 27.7 Å². The molecule has 0 aromatic rings. The summed E-state index contributed by atoms with van der Waals surface area (Å²) < 4.78 is 0. The summed E-state index contributed by atoms with van der Waals surface area (Å²) in [5.74, 6) is 0.472. The number of rotatable bonds is 3. The zero-order valence-electron chi connectivity index (χ0n) is 9.76. The van der Waals surface area contributed by atoms with E-state index in [1.54, 1.807) is 0 Å². The molecule has 0 bridgehead atoms. The SMILES string of the molecule is CC(C)C(=O)C(C)(C)N1CCNCC1. The minimum atomic E-state index is -0.295. The molecule has 1 heterocycles. The van der Waals surface area contributed by atoms with Crippen molar-refractivity contribution in [3.8, 4) is 0 Å². The highest BCUT2D eigenvalue weighted by Crippen LogP contribution is 2.20. The number of hydrogen-bond acceptors (Lipinski definition) is 3. The smallest absolute Gasteiger partial charge is 0.155 e. The van der Waals surface area contributed by atoms with Crippen molar-refractivity contribution in [1.82, 2.24) is 10.2 Å². The summed E-state index contributed by atoms with van der Waals surface area (Å²) >= 11 is 0. The molecule has 0 atom stereocenters. The van der Waals surface area contributed by atoms with Gasteiger partial charge in [-0.05, 0) is 13.8 Å². The standard InChI is InChI=1S/C11H22N2O/c1-9(2)10(14)11(3,4)13-7-5-12-6-8-13/h9,12H,5-8H2,1-4H3. The summed E-state index contributed by atoms with van der Waals surface area (Å²) in [4.78, 5) is 14.3. The van der Waals surface area contributed by atoms with Gasteiger partial charge in [-0.1, -0.05) is 13.8 Å². The van der Waals surface area contributed by atoms with Crippen molar-refractivity contribution < 1.29 is 4.79 Å². The first-order valence-electron chi connectivity index (χ1n) is 5.46. The third-order valence-electron chi connectivity index (χ3n) is 3.03. The molecule has 0 aromatic carbocycles. The lowest BCUT2D eigenvalue weighted by Crippen LogP contribution is -2.57. The van der Waals surface area contributed by atoms with Gasteiger partial charge in [-0.15, -0.1) is 0 Å². The molecule has 1 fully saturated rings. The first-order chi connectivity index (χ1) is 6.46. The first kappa shape index (κ1) is 11.7. The minimum absolute atomic E-state index is 0.125. The van der Waals surface area contributed by atoms with Crippen LogP contribution in [-0.4, -0.2) is 42.4 Å². The lowest BCUT2D eigenvalue weighted by atomic mass is 9.88. The van der Waals surface area contributed by atoms with Crippen LogP contribution >= 0.6 is 0 Å². The molecule has 0 aliphatic carbocycles. The maximum Gasteiger partial charge on any atom is 0.155 e. The molecular weight excluding hydrogens is 176 g/mol. The van der Waals surface area contributed by atoms with Crippen LogP contribution < -0.4 is 5.32 Å². The second kappa shape index (κ2) is 4.41. The van der Waals surface area contributed by atoms with Crippen molar-refractivity contribution in [2.24, 2.45) is 5.92 Å². The fraction of sp³-hybridized carbons (Fsp3) is 0.909. The predicted octanol–water partition coefficient (Wildman–Crippen LogP) is 0.895. The van der Waals surface area contributed by atoms with Gasteiger partial charge in [-0.2, -0.15) is 0 Å². The average molecular weight is 198 g/mol. The van der Waals surface area contributed by atoms with Gasteiger partial charge in [0.2, 0.25) is 0 Å². The van der Waals surface area contributed by atoms with E-state index in [0.717, 1.165) is 26.2 Å². The van der Waals surface area contributed by atoms with Gasteiger partial charge >= 0.3 is 0 Å². The summed E-state index contributed by atoms with van der Waals surface area (Å²) in [7, 11) is 0. The van der Waals surface area contributed by atoms with Crippen molar-refractivity contribution >= 4 is 5.78 Å². The summed E-state index contributed by atoms with van der Waals surface area (Å²) in [5.41, 5.74) is -0.295. The molecule has 1 saturated heterocycles. The van der Waals surface area contributed by atoms with E-state index < -0.39 is 0 Å². The highest BCUT2D eigenvalue weighted by atomic mass is 16.1.